The Kier molecular flexibility index (Phi) is 4.55. The number of ketones is 1. The highest BCUT2D eigenvalue weighted by Gasteiger charge is 2.23. The molecule has 4 nitrogen and oxygen atoms in total. The summed E-state index contributed by atoms with van der Waals surface area (Å²) >= 11 is 0. The molecule has 0 aromatic heterocycles. The van der Waals surface area contributed by atoms with Gasteiger partial charge in [-0.05, 0) is 37.1 Å². The van der Waals surface area contributed by atoms with Crippen LogP contribution in [0, 0.1) is 0 Å². The van der Waals surface area contributed by atoms with Gasteiger partial charge in [0.15, 0.2) is 0 Å². The number of hydrogen-bond donors (Lipinski definition) is 0. The lowest BCUT2D eigenvalue weighted by Gasteiger charge is -2.19. The molecule has 0 saturated carbocycles. The molecule has 19 heavy (non-hydrogen) atoms. The van der Waals surface area contributed by atoms with Crippen molar-refractivity contribution in [1.82, 2.24) is 4.90 Å². The quantitative estimate of drug-likeness (QED) is 0.619. The molecule has 1 aromatic carbocycles. The van der Waals surface area contributed by atoms with Gasteiger partial charge in [0.2, 0.25) is 5.78 Å². The second-order valence-corrected chi connectivity index (χ2v) is 4.76. The van der Waals surface area contributed by atoms with Gasteiger partial charge in [0.25, 0.3) is 5.91 Å². The van der Waals surface area contributed by atoms with Crippen molar-refractivity contribution in [1.29, 1.82) is 0 Å². The summed E-state index contributed by atoms with van der Waals surface area (Å²) in [5.74, 6) is -0.129. The third-order valence-corrected chi connectivity index (χ3v) is 3.44. The summed E-state index contributed by atoms with van der Waals surface area (Å²) in [5, 5.41) is 0. The summed E-state index contributed by atoms with van der Waals surface area (Å²) in [6.45, 7) is 1.39. The van der Waals surface area contributed by atoms with Crippen molar-refractivity contribution >= 4 is 11.7 Å². The average Bonchev–Trinajstić information content (AvgIpc) is 2.75. The fourth-order valence-electron chi connectivity index (χ4n) is 2.28. The lowest BCUT2D eigenvalue weighted by atomic mass is 10.1. The lowest BCUT2D eigenvalue weighted by Crippen LogP contribution is -2.37. The fourth-order valence-corrected chi connectivity index (χ4v) is 2.28. The highest BCUT2D eigenvalue weighted by molar-refractivity contribution is 6.42. The molecule has 0 bridgehead atoms. The van der Waals surface area contributed by atoms with Gasteiger partial charge < -0.3 is 9.64 Å². The molecule has 0 aliphatic carbocycles. The molecule has 1 saturated heterocycles. The van der Waals surface area contributed by atoms with Crippen LogP contribution in [-0.2, 0) is 4.79 Å². The van der Waals surface area contributed by atoms with Crippen molar-refractivity contribution in [2.45, 2.75) is 25.7 Å². The number of likely N-dealkylation sites (tertiary alicyclic amines) is 1. The molecule has 1 fully saturated rings. The van der Waals surface area contributed by atoms with Crippen LogP contribution in [0.4, 0.5) is 0 Å². The third kappa shape index (κ3) is 3.34. The van der Waals surface area contributed by atoms with Crippen LogP contribution in [0.1, 0.15) is 36.0 Å². The van der Waals surface area contributed by atoms with Crippen LogP contribution < -0.4 is 4.74 Å². The van der Waals surface area contributed by atoms with Gasteiger partial charge in [0, 0.05) is 18.7 Å². The second kappa shape index (κ2) is 6.36. The molecule has 0 N–H and O–H groups in total. The van der Waals surface area contributed by atoms with Crippen molar-refractivity contribution in [2.75, 3.05) is 20.2 Å². The Morgan fingerprint density at radius 3 is 2.11 bits per heavy atom. The van der Waals surface area contributed by atoms with E-state index in [1.54, 1.807) is 36.3 Å². The van der Waals surface area contributed by atoms with Gasteiger partial charge in [-0.1, -0.05) is 12.8 Å². The monoisotopic (exact) mass is 261 g/mol. The number of amides is 1. The van der Waals surface area contributed by atoms with E-state index in [2.05, 4.69) is 0 Å². The topological polar surface area (TPSA) is 46.6 Å². The average molecular weight is 261 g/mol. The van der Waals surface area contributed by atoms with E-state index in [0.717, 1.165) is 25.7 Å². The standard InChI is InChI=1S/C15H19NO3/c1-19-13-8-6-12(7-9-13)14(17)15(18)16-10-4-2-3-5-11-16/h6-9H,2-5,10-11H2,1H3. The molecule has 0 radical (unpaired) electrons. The van der Waals surface area contributed by atoms with Gasteiger partial charge in [-0.3, -0.25) is 9.59 Å². The number of nitrogens with zero attached hydrogens (tertiary/aromatic N) is 1. The van der Waals surface area contributed by atoms with E-state index >= 15 is 0 Å². The first kappa shape index (κ1) is 13.6. The van der Waals surface area contributed by atoms with Crippen LogP contribution in [-0.4, -0.2) is 36.8 Å². The van der Waals surface area contributed by atoms with E-state index in [1.165, 1.54) is 0 Å². The van der Waals surface area contributed by atoms with E-state index in [0.29, 0.717) is 24.4 Å². The van der Waals surface area contributed by atoms with Crippen molar-refractivity contribution in [3.8, 4) is 5.75 Å². The van der Waals surface area contributed by atoms with Gasteiger partial charge in [0.1, 0.15) is 5.75 Å². The van der Waals surface area contributed by atoms with E-state index in [9.17, 15) is 9.59 Å². The molecule has 0 atom stereocenters. The third-order valence-electron chi connectivity index (χ3n) is 3.44. The zero-order valence-corrected chi connectivity index (χ0v) is 11.2. The molecule has 4 heteroatoms. The number of carbonyl (C=O) groups is 2. The summed E-state index contributed by atoms with van der Waals surface area (Å²) < 4.78 is 5.04. The predicted molar refractivity (Wildman–Crippen MR) is 72.4 cm³/mol. The van der Waals surface area contributed by atoms with Gasteiger partial charge in [-0.15, -0.1) is 0 Å². The van der Waals surface area contributed by atoms with Crippen LogP contribution in [0.3, 0.4) is 0 Å². The molecular weight excluding hydrogens is 242 g/mol. The normalized spacial score (nSPS) is 15.7. The highest BCUT2D eigenvalue weighted by Crippen LogP contribution is 2.14. The minimum atomic E-state index is -0.426. The highest BCUT2D eigenvalue weighted by atomic mass is 16.5. The molecule has 0 spiro atoms. The first-order chi connectivity index (χ1) is 9.22. The largest absolute Gasteiger partial charge is 0.497 e. The Labute approximate surface area is 113 Å². The Morgan fingerprint density at radius 1 is 1.00 bits per heavy atom. The number of carbonyl (C=O) groups excluding carboxylic acids is 2. The zero-order chi connectivity index (χ0) is 13.7. The molecule has 2 rings (SSSR count). The van der Waals surface area contributed by atoms with Crippen LogP contribution in [0.25, 0.3) is 0 Å². The Morgan fingerprint density at radius 2 is 1.58 bits per heavy atom. The van der Waals surface area contributed by atoms with Crippen LogP contribution in [0.15, 0.2) is 24.3 Å². The van der Waals surface area contributed by atoms with Crippen LogP contribution >= 0.6 is 0 Å². The number of rotatable bonds is 3. The fraction of sp³-hybridized carbons (Fsp3) is 0.467. The molecule has 102 valence electrons. The SMILES string of the molecule is COc1ccc(C(=O)C(=O)N2CCCCCC2)cc1. The zero-order valence-electron chi connectivity index (χ0n) is 11.2. The van der Waals surface area contributed by atoms with E-state index < -0.39 is 5.78 Å². The van der Waals surface area contributed by atoms with E-state index in [1.807, 2.05) is 0 Å². The summed E-state index contributed by atoms with van der Waals surface area (Å²) in [5.41, 5.74) is 0.426. The molecule has 1 aliphatic heterocycles. The summed E-state index contributed by atoms with van der Waals surface area (Å²) in [7, 11) is 1.57. The summed E-state index contributed by atoms with van der Waals surface area (Å²) in [6.07, 6.45) is 4.25. The maximum Gasteiger partial charge on any atom is 0.294 e. The minimum absolute atomic E-state index is 0.382. The first-order valence-corrected chi connectivity index (χ1v) is 6.70. The Bertz CT molecular complexity index is 445. The predicted octanol–water partition coefficient (Wildman–Crippen LogP) is 2.28. The van der Waals surface area contributed by atoms with Crippen LogP contribution in [0.2, 0.25) is 0 Å². The first-order valence-electron chi connectivity index (χ1n) is 6.70. The van der Waals surface area contributed by atoms with Gasteiger partial charge in [-0.2, -0.15) is 0 Å². The number of ether oxygens (including phenoxy) is 1. The van der Waals surface area contributed by atoms with Gasteiger partial charge >= 0.3 is 0 Å². The summed E-state index contributed by atoms with van der Waals surface area (Å²) in [6, 6.07) is 6.67. The van der Waals surface area contributed by atoms with Crippen LogP contribution in [0.5, 0.6) is 5.75 Å². The van der Waals surface area contributed by atoms with Crippen molar-refractivity contribution in [2.24, 2.45) is 0 Å². The van der Waals surface area contributed by atoms with Crippen molar-refractivity contribution in [3.63, 3.8) is 0 Å². The maximum atomic E-state index is 12.2. The molecule has 0 unspecified atom stereocenters. The minimum Gasteiger partial charge on any atom is -0.497 e. The van der Waals surface area contributed by atoms with Crippen molar-refractivity contribution < 1.29 is 14.3 Å². The van der Waals surface area contributed by atoms with Gasteiger partial charge in [-0.25, -0.2) is 0 Å². The molecule has 1 aromatic rings. The number of methoxy groups -OCH3 is 1. The molecule has 1 amide bonds. The van der Waals surface area contributed by atoms with Crippen molar-refractivity contribution in [3.05, 3.63) is 29.8 Å². The summed E-state index contributed by atoms with van der Waals surface area (Å²) in [4.78, 5) is 26.0. The smallest absolute Gasteiger partial charge is 0.294 e. The maximum absolute atomic E-state index is 12.2. The van der Waals surface area contributed by atoms with Gasteiger partial charge in [0.05, 0.1) is 7.11 Å². The lowest BCUT2D eigenvalue weighted by molar-refractivity contribution is -0.126. The molecular formula is C15H19NO3. The van der Waals surface area contributed by atoms with E-state index in [-0.39, 0.29) is 5.91 Å². The molecule has 1 aliphatic rings. The number of Topliss-reactive ketones (excluding diaryl/α,β-unsaturated/α-hetero) is 1. The molecule has 1 heterocycles. The van der Waals surface area contributed by atoms with E-state index in [4.69, 9.17) is 4.74 Å². The second-order valence-electron chi connectivity index (χ2n) is 4.76. The number of benzene rings is 1. The number of hydrogen-bond acceptors (Lipinski definition) is 3. The Hall–Kier alpha value is -1.84. The Balaban J connectivity index is 2.06.